The highest BCUT2D eigenvalue weighted by Crippen LogP contribution is 2.52. The average molecular weight is 2010 g/mol. The van der Waals surface area contributed by atoms with Crippen LogP contribution in [0.15, 0.2) is 0 Å². The van der Waals surface area contributed by atoms with Gasteiger partial charge in [0.05, 0.1) is 78.2 Å². The minimum Gasteiger partial charge on any atom is -0.469 e. The maximum absolute atomic E-state index is 15.0. The molecule has 0 aliphatic carbocycles. The van der Waals surface area contributed by atoms with Gasteiger partial charge in [-0.2, -0.15) is 0 Å². The first-order valence-corrected chi connectivity index (χ1v) is 60.3. The van der Waals surface area contributed by atoms with E-state index in [1.54, 1.807) is 42.7 Å². The summed E-state index contributed by atoms with van der Waals surface area (Å²) in [5, 5.41) is 82.2. The van der Waals surface area contributed by atoms with Crippen molar-refractivity contribution in [2.24, 2.45) is 107 Å². The Hall–Kier alpha value is -3.90. The van der Waals surface area contributed by atoms with Crippen molar-refractivity contribution in [2.45, 2.75) is 529 Å². The van der Waals surface area contributed by atoms with E-state index in [0.717, 1.165) is 193 Å². The second kappa shape index (κ2) is 45.3. The minimum absolute atomic E-state index is 0.0220. The Balaban J connectivity index is 0.644. The van der Waals surface area contributed by atoms with Gasteiger partial charge in [-0.15, -0.1) is 0 Å². The predicted molar refractivity (Wildman–Crippen MR) is 556 cm³/mol. The average Bonchev–Trinajstić information content (AvgIpc) is 1.55. The van der Waals surface area contributed by atoms with Gasteiger partial charge in [0.15, 0.2) is 0 Å². The lowest BCUT2D eigenvalue weighted by Gasteiger charge is -2.50. The molecule has 30 nitrogen and oxygen atoms in total. The summed E-state index contributed by atoms with van der Waals surface area (Å²) in [6.07, 6.45) is 39.7. The molecule has 0 aromatic heterocycles. The van der Waals surface area contributed by atoms with Crippen LogP contribution in [0.2, 0.25) is 0 Å². The third-order valence-electron chi connectivity index (χ3n) is 45.7. The standard InChI is InChI=1S/C114H192N18O12/c1-13-61-67-19-31-79(115-67)103-81-33-21-69(117-81)62(14-2)70-22-34-82(118-70)104(80-32-20-68(61)116-80)98-50-56(110(134)140-8)44-92(128-98)94-46-58(112(136)142-10)52-100(130-94)106-85-37-25-73(121-85)65(17-5)77-29-41-89(125-77)108(90-42-30-78(126-90)66(18-6)74-26-38-86(106)122-74)102-54-60(114(138)144-12)48-96(132-102)95-47-59(113(137)143-11)53-101(131-95)107-87-39-27-75(123-87)63(15-3)71-23-35-83(119-71)105(84-36-24-72(120-84)64(16-4)76-28-40-88(107)124-76)99-51-57(111(135)141-9)45-93(129-99)91-43-55(109(133)139-7)49-97(103)127-91/h55-108,115-132H,13-54H2,1-12H3. The van der Waals surface area contributed by atoms with Crippen molar-refractivity contribution in [3.05, 3.63) is 0 Å². The molecule has 144 heavy (non-hydrogen) atoms. The Labute approximate surface area is 861 Å². The third-order valence-corrected chi connectivity index (χ3v) is 45.7. The van der Waals surface area contributed by atoms with Gasteiger partial charge in [0, 0.05) is 253 Å². The molecule has 25 aliphatic rings. The van der Waals surface area contributed by atoms with Crippen LogP contribution >= 0.6 is 0 Å². The number of esters is 6. The lowest BCUT2D eigenvalue weighted by atomic mass is 9.71. The zero-order valence-electron chi connectivity index (χ0n) is 89.8. The molecular weight excluding hydrogens is 1810 g/mol. The molecule has 30 heteroatoms. The fourth-order valence-electron chi connectivity index (χ4n) is 39.6. The molecule has 0 aromatic rings. The second-order valence-corrected chi connectivity index (χ2v) is 51.8. The highest BCUT2D eigenvalue weighted by molar-refractivity contribution is 5.75. The SMILES string of the molecule is CCC1C2CCC(N2)C2C3CC(C(=O)OC)CC(N3)C3CC(C(=O)OC)CC(N3)C3C4CCC(N4)C(CC)C4CCC(N4)C(C4CC(C(=O)OC)CC(N4)C4CC(C(=O)OC)CC(N4)C4C5CCC(N5)C(CC)C5CCC(N5)C(C5CC(C(=O)OC)CC(N5)C5CC(C(=O)OC)CC(N5)C(C5CCC1N5)C1CCC(N1)C(CC)C1CCC2N1)C1CCC(N1)C(CC)C1CCC4N1)C1CCC(N1)C(CC)C1CCC3N1. The first kappa shape index (κ1) is 104. The van der Waals surface area contributed by atoms with Gasteiger partial charge < -0.3 is 124 Å². The van der Waals surface area contributed by atoms with Crippen molar-refractivity contribution in [3.8, 4) is 0 Å². The molecule has 0 aromatic carbocycles. The maximum Gasteiger partial charge on any atom is 0.308 e. The molecule has 42 atom stereocenters. The Morgan fingerprint density at radius 1 is 0.146 bits per heavy atom. The number of nitrogens with one attached hydrogen (secondary N) is 18. The van der Waals surface area contributed by atoms with E-state index in [1.807, 2.05) is 0 Å². The molecular formula is C114H192N18O12. The number of hydrogen-bond acceptors (Lipinski definition) is 30. The first-order chi connectivity index (χ1) is 70.1. The fraction of sp³-hybridized carbons (Fsp3) is 0.947. The predicted octanol–water partition coefficient (Wildman–Crippen LogP) is 7.80. The van der Waals surface area contributed by atoms with Gasteiger partial charge in [0.2, 0.25) is 0 Å². The van der Waals surface area contributed by atoms with Gasteiger partial charge in [-0.1, -0.05) is 80.1 Å². The fourth-order valence-corrected chi connectivity index (χ4v) is 39.6. The molecule has 25 saturated heterocycles. The van der Waals surface area contributed by atoms with E-state index in [4.69, 9.17) is 28.4 Å². The van der Waals surface area contributed by atoms with E-state index < -0.39 is 0 Å². The van der Waals surface area contributed by atoms with E-state index in [2.05, 4.69) is 137 Å². The van der Waals surface area contributed by atoms with Gasteiger partial charge in [-0.25, -0.2) is 0 Å². The first-order valence-electron chi connectivity index (χ1n) is 60.3. The van der Waals surface area contributed by atoms with Crippen LogP contribution in [-0.2, 0) is 57.2 Å². The quantitative estimate of drug-likeness (QED) is 0.0654. The van der Waals surface area contributed by atoms with Crippen molar-refractivity contribution < 1.29 is 57.2 Å². The van der Waals surface area contributed by atoms with Crippen molar-refractivity contribution in [2.75, 3.05) is 42.7 Å². The Morgan fingerprint density at radius 3 is 0.333 bits per heavy atom. The summed E-state index contributed by atoms with van der Waals surface area (Å²) in [6, 6.07) is 4.81. The zero-order valence-corrected chi connectivity index (χ0v) is 89.8. The lowest BCUT2D eigenvalue weighted by molar-refractivity contribution is -0.149. The van der Waals surface area contributed by atoms with E-state index in [-0.39, 0.29) is 324 Å². The Morgan fingerprint density at radius 2 is 0.236 bits per heavy atom. The summed E-state index contributed by atoms with van der Waals surface area (Å²) in [6.45, 7) is 14.6. The van der Waals surface area contributed by atoms with Gasteiger partial charge >= 0.3 is 35.8 Å². The molecule has 810 valence electrons. The maximum atomic E-state index is 15.0. The molecule has 25 fully saturated rings. The molecule has 42 unspecified atom stereocenters. The summed E-state index contributed by atoms with van der Waals surface area (Å²) in [4.78, 5) is 89.8. The Kier molecular flexibility index (Phi) is 32.8. The highest BCUT2D eigenvalue weighted by Gasteiger charge is 2.62. The summed E-state index contributed by atoms with van der Waals surface area (Å²) >= 11 is 0. The Bertz CT molecular complexity index is 3540. The monoisotopic (exact) mass is 2010 g/mol. The number of methoxy groups -OCH3 is 6. The smallest absolute Gasteiger partial charge is 0.308 e. The van der Waals surface area contributed by atoms with Gasteiger partial charge in [-0.3, -0.25) is 28.8 Å². The van der Waals surface area contributed by atoms with Crippen molar-refractivity contribution in [1.29, 1.82) is 0 Å². The molecule has 25 heterocycles. The van der Waals surface area contributed by atoms with Crippen LogP contribution in [0.25, 0.3) is 0 Å². The van der Waals surface area contributed by atoms with E-state index in [1.165, 1.54) is 0 Å². The molecule has 25 rings (SSSR count). The van der Waals surface area contributed by atoms with Crippen LogP contribution in [0.4, 0.5) is 0 Å². The summed E-state index contributed by atoms with van der Waals surface area (Å²) in [7, 11) is 9.57. The van der Waals surface area contributed by atoms with Crippen LogP contribution in [0.3, 0.4) is 0 Å². The minimum atomic E-state index is -0.331. The molecule has 42 bridgehead atoms. The van der Waals surface area contributed by atoms with E-state index in [0.29, 0.717) is 113 Å². The lowest BCUT2D eigenvalue weighted by Crippen LogP contribution is -2.67. The third kappa shape index (κ3) is 20.5. The van der Waals surface area contributed by atoms with Crippen molar-refractivity contribution >= 4 is 35.8 Å². The topological polar surface area (TPSA) is 374 Å². The van der Waals surface area contributed by atoms with Gasteiger partial charge in [0.1, 0.15) is 0 Å². The number of carbonyl (C=O) groups is 6. The van der Waals surface area contributed by atoms with Gasteiger partial charge in [0.25, 0.3) is 0 Å². The van der Waals surface area contributed by atoms with Crippen LogP contribution in [0.5, 0.6) is 0 Å². The summed E-state index contributed by atoms with van der Waals surface area (Å²) in [5.41, 5.74) is 0. The number of carbonyl (C=O) groups excluding carboxylic acids is 6. The highest BCUT2D eigenvalue weighted by atomic mass is 16.5. The molecule has 25 aliphatic heterocycles. The van der Waals surface area contributed by atoms with E-state index in [9.17, 15) is 28.8 Å². The number of piperidine rings is 6. The van der Waals surface area contributed by atoms with Crippen molar-refractivity contribution in [3.63, 3.8) is 0 Å². The summed E-state index contributed by atoms with van der Waals surface area (Å²) in [5.74, 6) is 0.447. The van der Waals surface area contributed by atoms with Crippen LogP contribution in [0, 0.1) is 107 Å². The molecule has 0 saturated carbocycles. The number of rotatable bonds is 12. The van der Waals surface area contributed by atoms with Crippen molar-refractivity contribution in [1.82, 2.24) is 95.7 Å². The molecule has 18 N–H and O–H groups in total. The molecule has 0 amide bonds. The molecule has 0 radical (unpaired) electrons. The molecule has 0 spiro atoms. The summed E-state index contributed by atoms with van der Waals surface area (Å²) < 4.78 is 35.8. The number of hydrogen-bond donors (Lipinski definition) is 18. The van der Waals surface area contributed by atoms with Crippen LogP contribution < -0.4 is 95.7 Å². The number of ether oxygens (including phenoxy) is 6. The largest absolute Gasteiger partial charge is 0.469 e. The van der Waals surface area contributed by atoms with E-state index >= 15 is 0 Å². The van der Waals surface area contributed by atoms with Gasteiger partial charge in [-0.05, 0) is 267 Å². The van der Waals surface area contributed by atoms with Crippen LogP contribution in [0.1, 0.15) is 311 Å². The second-order valence-electron chi connectivity index (χ2n) is 51.8. The van der Waals surface area contributed by atoms with Crippen LogP contribution in [-0.4, -0.2) is 296 Å². The zero-order chi connectivity index (χ0) is 99.3. The normalized spacial score (nSPS) is 51.4.